The predicted octanol–water partition coefficient (Wildman–Crippen LogP) is 1.30. The van der Waals surface area contributed by atoms with Crippen LogP contribution < -0.4 is 5.32 Å². The molecule has 2 fully saturated rings. The number of nitrogens with zero attached hydrogens (tertiary/aromatic N) is 4. The number of hydrogen-bond acceptors (Lipinski definition) is 4. The normalized spacial score (nSPS) is 35.5. The van der Waals surface area contributed by atoms with Crippen molar-refractivity contribution in [2.45, 2.75) is 72.0 Å². The Morgan fingerprint density at radius 3 is 2.73 bits per heavy atom. The first-order chi connectivity index (χ1) is 12.3. The molecule has 0 bridgehead atoms. The minimum absolute atomic E-state index is 0.0558. The lowest BCUT2D eigenvalue weighted by Gasteiger charge is -2.23. The van der Waals surface area contributed by atoms with Gasteiger partial charge >= 0.3 is 0 Å². The minimum Gasteiger partial charge on any atom is -0.351 e. The molecule has 26 heavy (non-hydrogen) atoms. The molecule has 3 aliphatic rings. The quantitative estimate of drug-likeness (QED) is 0.879. The maximum Gasteiger partial charge on any atom is 0.226 e. The molecular weight excluding hydrogens is 330 g/mol. The van der Waals surface area contributed by atoms with Crippen LogP contribution >= 0.6 is 0 Å². The maximum atomic E-state index is 12.8. The molecule has 7 nitrogen and oxygen atoms in total. The van der Waals surface area contributed by atoms with Crippen LogP contribution in [0.3, 0.4) is 0 Å². The molecule has 5 atom stereocenters. The second-order valence-electron chi connectivity index (χ2n) is 8.72. The summed E-state index contributed by atoms with van der Waals surface area (Å²) in [7, 11) is 0. The minimum atomic E-state index is -0.0777. The van der Waals surface area contributed by atoms with Crippen LogP contribution in [-0.4, -0.2) is 50.1 Å². The van der Waals surface area contributed by atoms with E-state index in [0.29, 0.717) is 19.5 Å². The summed E-state index contributed by atoms with van der Waals surface area (Å²) in [5.74, 6) is 2.21. The molecule has 3 heterocycles. The first-order valence-electron chi connectivity index (χ1n) is 9.82. The third-order valence-electron chi connectivity index (χ3n) is 6.88. The van der Waals surface area contributed by atoms with Crippen molar-refractivity contribution in [3.63, 3.8) is 0 Å². The molecule has 1 aromatic rings. The SMILES string of the molecule is CCC1(C)CC1C(=O)N1CC(NC(=O)C2Cc3nnc(C)n3C2)CC1C. The Balaban J connectivity index is 1.33. The summed E-state index contributed by atoms with van der Waals surface area (Å²) in [4.78, 5) is 27.5. The fourth-order valence-corrected chi connectivity index (χ4v) is 4.64. The van der Waals surface area contributed by atoms with Crippen LogP contribution in [0.5, 0.6) is 0 Å². The van der Waals surface area contributed by atoms with Gasteiger partial charge in [-0.2, -0.15) is 0 Å². The number of rotatable bonds is 4. The van der Waals surface area contributed by atoms with Crippen LogP contribution in [0.15, 0.2) is 0 Å². The zero-order valence-electron chi connectivity index (χ0n) is 16.2. The summed E-state index contributed by atoms with van der Waals surface area (Å²) in [6.07, 6.45) is 3.54. The number of aryl methyl sites for hydroxylation is 1. The van der Waals surface area contributed by atoms with Gasteiger partial charge in [0.05, 0.1) is 5.92 Å². The highest BCUT2D eigenvalue weighted by Gasteiger charge is 2.55. The van der Waals surface area contributed by atoms with Crippen molar-refractivity contribution >= 4 is 11.8 Å². The molecule has 4 rings (SSSR count). The van der Waals surface area contributed by atoms with Gasteiger partial charge in [-0.25, -0.2) is 0 Å². The molecule has 7 heteroatoms. The average Bonchev–Trinajstić information content (AvgIpc) is 2.94. The molecule has 2 amide bonds. The van der Waals surface area contributed by atoms with E-state index < -0.39 is 0 Å². The van der Waals surface area contributed by atoms with Gasteiger partial charge in [-0.1, -0.05) is 13.8 Å². The molecule has 1 saturated heterocycles. The Kier molecular flexibility index (Phi) is 4.08. The third kappa shape index (κ3) is 2.81. The lowest BCUT2D eigenvalue weighted by atomic mass is 10.0. The number of hydrogen-bond donors (Lipinski definition) is 1. The van der Waals surface area contributed by atoms with Crippen LogP contribution in [0.25, 0.3) is 0 Å². The average molecular weight is 359 g/mol. The summed E-state index contributed by atoms with van der Waals surface area (Å²) in [6.45, 7) is 9.67. The molecule has 2 aliphatic heterocycles. The summed E-state index contributed by atoms with van der Waals surface area (Å²) < 4.78 is 2.02. The number of amides is 2. The van der Waals surface area contributed by atoms with E-state index in [2.05, 4.69) is 36.3 Å². The molecule has 1 saturated carbocycles. The number of nitrogens with one attached hydrogen (secondary N) is 1. The van der Waals surface area contributed by atoms with Crippen molar-refractivity contribution < 1.29 is 9.59 Å². The molecule has 142 valence electrons. The van der Waals surface area contributed by atoms with Gasteiger partial charge in [0.25, 0.3) is 0 Å². The van der Waals surface area contributed by atoms with Crippen molar-refractivity contribution in [1.29, 1.82) is 0 Å². The summed E-state index contributed by atoms with van der Waals surface area (Å²) in [5, 5.41) is 11.4. The van der Waals surface area contributed by atoms with Gasteiger partial charge < -0.3 is 14.8 Å². The van der Waals surface area contributed by atoms with Gasteiger partial charge in [0.2, 0.25) is 11.8 Å². The van der Waals surface area contributed by atoms with E-state index in [0.717, 1.165) is 30.9 Å². The molecule has 0 radical (unpaired) electrons. The maximum absolute atomic E-state index is 12.8. The van der Waals surface area contributed by atoms with Crippen LogP contribution in [0, 0.1) is 24.2 Å². The van der Waals surface area contributed by atoms with Crippen molar-refractivity contribution in [3.05, 3.63) is 11.6 Å². The Morgan fingerprint density at radius 1 is 1.31 bits per heavy atom. The van der Waals surface area contributed by atoms with Crippen LogP contribution in [-0.2, 0) is 22.6 Å². The second-order valence-corrected chi connectivity index (χ2v) is 8.72. The zero-order valence-corrected chi connectivity index (χ0v) is 16.2. The Hall–Kier alpha value is -1.92. The summed E-state index contributed by atoms with van der Waals surface area (Å²) in [6, 6.07) is 0.250. The predicted molar refractivity (Wildman–Crippen MR) is 96.2 cm³/mol. The van der Waals surface area contributed by atoms with Crippen molar-refractivity contribution in [2.75, 3.05) is 6.54 Å². The largest absolute Gasteiger partial charge is 0.351 e. The highest BCUT2D eigenvalue weighted by atomic mass is 16.2. The van der Waals surface area contributed by atoms with Crippen LogP contribution in [0.2, 0.25) is 0 Å². The first-order valence-corrected chi connectivity index (χ1v) is 9.82. The lowest BCUT2D eigenvalue weighted by molar-refractivity contribution is -0.134. The highest BCUT2D eigenvalue weighted by molar-refractivity contribution is 5.84. The topological polar surface area (TPSA) is 80.1 Å². The van der Waals surface area contributed by atoms with Crippen molar-refractivity contribution in [2.24, 2.45) is 17.3 Å². The molecule has 5 unspecified atom stereocenters. The standard InChI is InChI=1S/C19H29N5O2/c1-5-19(4)8-15(19)18(26)23-10-14(6-11(23)2)20-17(25)13-7-16-22-21-12(3)24(16)9-13/h11,13-15H,5-10H2,1-4H3,(H,20,25). The van der Waals surface area contributed by atoms with Crippen molar-refractivity contribution in [1.82, 2.24) is 25.0 Å². The number of likely N-dealkylation sites (tertiary alicyclic amines) is 1. The number of carbonyl (C=O) groups is 2. The smallest absolute Gasteiger partial charge is 0.226 e. The first kappa shape index (κ1) is 17.5. The van der Waals surface area contributed by atoms with E-state index in [-0.39, 0.29) is 41.1 Å². The molecule has 1 N–H and O–H groups in total. The Bertz CT molecular complexity index is 744. The van der Waals surface area contributed by atoms with Crippen molar-refractivity contribution in [3.8, 4) is 0 Å². The molecule has 0 spiro atoms. The van der Waals surface area contributed by atoms with Gasteiger partial charge in [-0.15, -0.1) is 10.2 Å². The number of aromatic nitrogens is 3. The molecular formula is C19H29N5O2. The second kappa shape index (κ2) is 6.06. The van der Waals surface area contributed by atoms with Gasteiger partial charge in [-0.05, 0) is 38.5 Å². The van der Waals surface area contributed by atoms with E-state index in [9.17, 15) is 9.59 Å². The van der Waals surface area contributed by atoms with E-state index in [1.807, 2.05) is 16.4 Å². The van der Waals surface area contributed by atoms with Gasteiger partial charge in [0.1, 0.15) is 11.6 Å². The Morgan fingerprint density at radius 2 is 2.08 bits per heavy atom. The van der Waals surface area contributed by atoms with Gasteiger partial charge in [0.15, 0.2) is 0 Å². The van der Waals surface area contributed by atoms with Crippen LogP contribution in [0.1, 0.15) is 51.7 Å². The highest BCUT2D eigenvalue weighted by Crippen LogP contribution is 2.55. The van der Waals surface area contributed by atoms with E-state index in [4.69, 9.17) is 0 Å². The monoisotopic (exact) mass is 359 g/mol. The zero-order chi connectivity index (χ0) is 18.6. The molecule has 0 aromatic carbocycles. The van der Waals surface area contributed by atoms with Gasteiger partial charge in [0, 0.05) is 37.5 Å². The third-order valence-corrected chi connectivity index (χ3v) is 6.88. The lowest BCUT2D eigenvalue weighted by Crippen LogP contribution is -2.42. The van der Waals surface area contributed by atoms with E-state index in [1.54, 1.807) is 0 Å². The fourth-order valence-electron chi connectivity index (χ4n) is 4.64. The van der Waals surface area contributed by atoms with E-state index >= 15 is 0 Å². The molecule has 1 aromatic heterocycles. The molecule has 1 aliphatic carbocycles. The number of carbonyl (C=O) groups excluding carboxylic acids is 2. The number of fused-ring (bicyclic) bond motifs is 1. The van der Waals surface area contributed by atoms with Gasteiger partial charge in [-0.3, -0.25) is 9.59 Å². The summed E-state index contributed by atoms with van der Waals surface area (Å²) in [5.41, 5.74) is 0.189. The summed E-state index contributed by atoms with van der Waals surface area (Å²) >= 11 is 0. The fraction of sp³-hybridized carbons (Fsp3) is 0.789. The Labute approximate surface area is 154 Å². The van der Waals surface area contributed by atoms with E-state index in [1.165, 1.54) is 0 Å². The van der Waals surface area contributed by atoms with Crippen LogP contribution in [0.4, 0.5) is 0 Å².